The molecule has 0 aromatic rings. The summed E-state index contributed by atoms with van der Waals surface area (Å²) in [7, 11) is 1.17. The van der Waals surface area contributed by atoms with Crippen molar-refractivity contribution in [1.82, 2.24) is 0 Å². The van der Waals surface area contributed by atoms with Crippen molar-refractivity contribution in [3.8, 4) is 0 Å². The van der Waals surface area contributed by atoms with E-state index in [1.807, 2.05) is 21.1 Å². The second kappa shape index (κ2) is 39.0. The topological polar surface area (TPSA) is 111 Å². The van der Waals surface area contributed by atoms with Gasteiger partial charge in [-0.05, 0) is 44.9 Å². The fourth-order valence-electron chi connectivity index (χ4n) is 6.33. The van der Waals surface area contributed by atoms with Gasteiger partial charge in [0.15, 0.2) is 6.10 Å². The van der Waals surface area contributed by atoms with Crippen molar-refractivity contribution in [2.75, 3.05) is 47.5 Å². The summed E-state index contributed by atoms with van der Waals surface area (Å²) >= 11 is 0. The van der Waals surface area contributed by atoms with Crippen LogP contribution in [0, 0.1) is 0 Å². The van der Waals surface area contributed by atoms with Crippen LogP contribution in [0.3, 0.4) is 0 Å². The second-order valence-corrected chi connectivity index (χ2v) is 18.2. The molecule has 0 aliphatic carbocycles. The van der Waals surface area contributed by atoms with Gasteiger partial charge in [0.1, 0.15) is 19.8 Å². The van der Waals surface area contributed by atoms with Gasteiger partial charge in [-0.3, -0.25) is 14.2 Å². The lowest BCUT2D eigenvalue weighted by Gasteiger charge is -2.28. The number of ether oxygens (including phenoxy) is 2. The Bertz CT molecular complexity index is 1010. The maximum absolute atomic E-state index is 12.7. The van der Waals surface area contributed by atoms with Crippen LogP contribution < -0.4 is 4.89 Å². The molecule has 0 aromatic heterocycles. The van der Waals surface area contributed by atoms with Crippen LogP contribution >= 0.6 is 7.82 Å². The summed E-state index contributed by atoms with van der Waals surface area (Å²) in [4.78, 5) is 37.5. The first kappa shape index (κ1) is 54.5. The number of quaternary nitrogens is 1. The Balaban J connectivity index is 4.30. The maximum Gasteiger partial charge on any atom is 0.306 e. The molecule has 0 saturated carbocycles. The predicted molar refractivity (Wildman–Crippen MR) is 231 cm³/mol. The van der Waals surface area contributed by atoms with Crippen molar-refractivity contribution in [2.24, 2.45) is 0 Å². The van der Waals surface area contributed by atoms with Crippen LogP contribution in [0.4, 0.5) is 0 Å². The smallest absolute Gasteiger partial charge is 0.306 e. The van der Waals surface area contributed by atoms with E-state index in [-0.39, 0.29) is 32.0 Å². The number of phosphoric acid groups is 1. The van der Waals surface area contributed by atoms with E-state index in [1.54, 1.807) is 0 Å². The van der Waals surface area contributed by atoms with Gasteiger partial charge in [-0.15, -0.1) is 0 Å². The molecular formula is C46H88NO8P. The van der Waals surface area contributed by atoms with Crippen molar-refractivity contribution in [3.05, 3.63) is 24.3 Å². The molecule has 0 heterocycles. The SMILES string of the molecule is CCCCC/C=C\C/C=C\CCCCCCCCCCCC(=O)OC(COC(=O)CCCCCCCCCCCCCCC)COP(=O)([O-])OCC[N+](C)(C)C. The van der Waals surface area contributed by atoms with Crippen LogP contribution in [-0.2, 0) is 32.7 Å². The molecule has 2 atom stereocenters. The van der Waals surface area contributed by atoms with Gasteiger partial charge in [-0.1, -0.05) is 173 Å². The Hall–Kier alpha value is -1.51. The zero-order valence-corrected chi connectivity index (χ0v) is 38.0. The van der Waals surface area contributed by atoms with Gasteiger partial charge in [0.2, 0.25) is 0 Å². The fraction of sp³-hybridized carbons (Fsp3) is 0.870. The van der Waals surface area contributed by atoms with E-state index in [0.717, 1.165) is 51.4 Å². The number of nitrogens with zero attached hydrogens (tertiary/aromatic N) is 1. The van der Waals surface area contributed by atoms with Crippen molar-refractivity contribution >= 4 is 19.8 Å². The number of carbonyl (C=O) groups is 2. The minimum absolute atomic E-state index is 0.0297. The molecule has 0 aromatic carbocycles. The lowest BCUT2D eigenvalue weighted by Crippen LogP contribution is -2.37. The normalized spacial score (nSPS) is 13.8. The average molecular weight is 814 g/mol. The highest BCUT2D eigenvalue weighted by Crippen LogP contribution is 2.38. The Kier molecular flexibility index (Phi) is 37.9. The number of unbranched alkanes of at least 4 members (excludes halogenated alkanes) is 24. The summed E-state index contributed by atoms with van der Waals surface area (Å²) in [6, 6.07) is 0. The van der Waals surface area contributed by atoms with Crippen LogP contribution in [0.2, 0.25) is 0 Å². The van der Waals surface area contributed by atoms with Crippen LogP contribution in [0.15, 0.2) is 24.3 Å². The lowest BCUT2D eigenvalue weighted by atomic mass is 10.0. The van der Waals surface area contributed by atoms with Crippen LogP contribution in [0.25, 0.3) is 0 Å². The number of esters is 2. The molecule has 0 saturated heterocycles. The standard InChI is InChI=1S/C46H88NO8P/c1-6-8-10-12-14-16-18-20-21-22-23-24-25-27-29-31-33-35-37-39-46(49)55-44(43-54-56(50,51)53-41-40-47(3,4)5)42-52-45(48)38-36-34-32-30-28-26-19-17-15-13-11-9-7-2/h14,16,20-21,44H,6-13,15,17-19,22-43H2,1-5H3/b16-14-,21-20-. The summed E-state index contributed by atoms with van der Waals surface area (Å²) in [5.41, 5.74) is 0. The Morgan fingerprint density at radius 3 is 1.45 bits per heavy atom. The van der Waals surface area contributed by atoms with Crippen LogP contribution in [0.5, 0.6) is 0 Å². The molecule has 0 fully saturated rings. The number of hydrogen-bond donors (Lipinski definition) is 0. The molecular weight excluding hydrogens is 725 g/mol. The first-order valence-electron chi connectivity index (χ1n) is 23.0. The van der Waals surface area contributed by atoms with Gasteiger partial charge >= 0.3 is 11.9 Å². The highest BCUT2D eigenvalue weighted by Gasteiger charge is 2.21. The Labute approximate surface area is 345 Å². The summed E-state index contributed by atoms with van der Waals surface area (Å²) in [6.45, 7) is 4.21. The predicted octanol–water partition coefficient (Wildman–Crippen LogP) is 12.5. The minimum atomic E-state index is -4.62. The van der Waals surface area contributed by atoms with Crippen LogP contribution in [0.1, 0.15) is 206 Å². The van der Waals surface area contributed by atoms with Gasteiger partial charge in [-0.2, -0.15) is 0 Å². The van der Waals surface area contributed by atoms with Gasteiger partial charge in [0.25, 0.3) is 7.82 Å². The molecule has 0 amide bonds. The first-order valence-corrected chi connectivity index (χ1v) is 24.5. The summed E-state index contributed by atoms with van der Waals surface area (Å²) < 4.78 is 33.9. The van der Waals surface area contributed by atoms with Gasteiger partial charge in [0.05, 0.1) is 27.7 Å². The van der Waals surface area contributed by atoms with E-state index >= 15 is 0 Å². The number of hydrogen-bond acceptors (Lipinski definition) is 8. The van der Waals surface area contributed by atoms with E-state index in [9.17, 15) is 19.0 Å². The minimum Gasteiger partial charge on any atom is -0.756 e. The monoisotopic (exact) mass is 814 g/mol. The number of phosphoric ester groups is 1. The maximum atomic E-state index is 12.7. The van der Waals surface area contributed by atoms with Crippen molar-refractivity contribution in [1.29, 1.82) is 0 Å². The number of allylic oxidation sites excluding steroid dienone is 4. The fourth-order valence-corrected chi connectivity index (χ4v) is 7.06. The van der Waals surface area contributed by atoms with Gasteiger partial charge < -0.3 is 27.9 Å². The van der Waals surface area contributed by atoms with E-state index in [0.29, 0.717) is 17.4 Å². The molecule has 0 aliphatic heterocycles. The quantitative estimate of drug-likeness (QED) is 0.0197. The Morgan fingerprint density at radius 2 is 0.964 bits per heavy atom. The van der Waals surface area contributed by atoms with Gasteiger partial charge in [0, 0.05) is 12.8 Å². The summed E-state index contributed by atoms with van der Waals surface area (Å²) in [5.74, 6) is -0.832. The largest absolute Gasteiger partial charge is 0.756 e. The van der Waals surface area contributed by atoms with E-state index < -0.39 is 26.5 Å². The first-order chi connectivity index (χ1) is 27.0. The van der Waals surface area contributed by atoms with E-state index in [1.165, 1.54) is 122 Å². The molecule has 0 rings (SSSR count). The zero-order valence-electron chi connectivity index (χ0n) is 37.1. The Morgan fingerprint density at radius 1 is 0.554 bits per heavy atom. The van der Waals surface area contributed by atoms with Crippen molar-refractivity contribution < 1.29 is 42.1 Å². The zero-order chi connectivity index (χ0) is 41.4. The van der Waals surface area contributed by atoms with Gasteiger partial charge in [-0.25, -0.2) is 0 Å². The number of likely N-dealkylation sites (N-methyl/N-ethyl adjacent to an activating group) is 1. The summed E-state index contributed by atoms with van der Waals surface area (Å²) in [5, 5.41) is 0. The van der Waals surface area contributed by atoms with Crippen molar-refractivity contribution in [2.45, 2.75) is 213 Å². The molecule has 0 bridgehead atoms. The molecule has 0 spiro atoms. The number of carbonyl (C=O) groups excluding carboxylic acids is 2. The third kappa shape index (κ3) is 42.1. The molecule has 330 valence electrons. The van der Waals surface area contributed by atoms with Crippen molar-refractivity contribution in [3.63, 3.8) is 0 Å². The second-order valence-electron chi connectivity index (χ2n) is 16.8. The molecule has 56 heavy (non-hydrogen) atoms. The third-order valence-corrected chi connectivity index (χ3v) is 10.9. The molecule has 10 heteroatoms. The van der Waals surface area contributed by atoms with Crippen LogP contribution in [-0.4, -0.2) is 70.0 Å². The lowest BCUT2D eigenvalue weighted by molar-refractivity contribution is -0.870. The third-order valence-electron chi connectivity index (χ3n) is 9.97. The van der Waals surface area contributed by atoms with E-state index in [4.69, 9.17) is 18.5 Å². The molecule has 0 aliphatic rings. The van der Waals surface area contributed by atoms with E-state index in [2.05, 4.69) is 38.2 Å². The highest BCUT2D eigenvalue weighted by atomic mass is 31.2. The molecule has 9 nitrogen and oxygen atoms in total. The molecule has 0 radical (unpaired) electrons. The molecule has 2 unspecified atom stereocenters. The molecule has 0 N–H and O–H groups in total. The number of rotatable bonds is 42. The average Bonchev–Trinajstić information content (AvgIpc) is 3.15. The highest BCUT2D eigenvalue weighted by molar-refractivity contribution is 7.45. The summed E-state index contributed by atoms with van der Waals surface area (Å²) in [6.07, 6.45) is 41.9.